The number of methoxy groups -OCH3 is 1. The average molecular weight is 320 g/mol. The summed E-state index contributed by atoms with van der Waals surface area (Å²) in [7, 11) is 1.67. The summed E-state index contributed by atoms with van der Waals surface area (Å²) in [5, 5.41) is 0. The molecule has 0 amide bonds. The third-order valence-corrected chi connectivity index (χ3v) is 4.32. The number of halogens is 1. The summed E-state index contributed by atoms with van der Waals surface area (Å²) in [6.45, 7) is 4.14. The molecular weight excluding hydrogens is 302 g/mol. The van der Waals surface area contributed by atoms with E-state index in [0.29, 0.717) is 0 Å². The monoisotopic (exact) mass is 319 g/mol. The summed E-state index contributed by atoms with van der Waals surface area (Å²) in [6.07, 6.45) is 0. The van der Waals surface area contributed by atoms with E-state index in [2.05, 4.69) is 35.8 Å². The molecule has 1 atom stereocenters. The van der Waals surface area contributed by atoms with Crippen LogP contribution in [-0.4, -0.2) is 7.11 Å². The molecule has 2 N–H and O–H groups in total. The minimum absolute atomic E-state index is 0.122. The van der Waals surface area contributed by atoms with Crippen molar-refractivity contribution < 1.29 is 4.74 Å². The Kier molecular flexibility index (Phi) is 4.27. The van der Waals surface area contributed by atoms with Crippen LogP contribution >= 0.6 is 15.9 Å². The molecule has 2 nitrogen and oxygen atoms in total. The maximum Gasteiger partial charge on any atom is 0.119 e. The smallest absolute Gasteiger partial charge is 0.119 e. The van der Waals surface area contributed by atoms with Gasteiger partial charge in [-0.2, -0.15) is 0 Å². The summed E-state index contributed by atoms with van der Waals surface area (Å²) in [5.74, 6) is 0.861. The van der Waals surface area contributed by atoms with Gasteiger partial charge in [0.1, 0.15) is 5.75 Å². The van der Waals surface area contributed by atoms with Gasteiger partial charge in [-0.25, -0.2) is 0 Å². The van der Waals surface area contributed by atoms with E-state index >= 15 is 0 Å². The van der Waals surface area contributed by atoms with E-state index in [4.69, 9.17) is 10.5 Å². The Morgan fingerprint density at radius 1 is 1.11 bits per heavy atom. The lowest BCUT2D eigenvalue weighted by Gasteiger charge is -2.18. The standard InChI is InChI=1S/C16H18BrNO/c1-10-9-12(19-3)7-8-13(10)16(18)14-5-4-6-15(17)11(14)2/h4-9,16H,18H2,1-3H3. The molecule has 100 valence electrons. The van der Waals surface area contributed by atoms with Gasteiger partial charge in [0.05, 0.1) is 13.2 Å². The number of nitrogens with two attached hydrogens (primary N) is 1. The predicted octanol–water partition coefficient (Wildman–Crippen LogP) is 4.12. The van der Waals surface area contributed by atoms with Crippen LogP contribution in [0.1, 0.15) is 28.3 Å². The predicted molar refractivity (Wildman–Crippen MR) is 82.6 cm³/mol. The fourth-order valence-corrected chi connectivity index (χ4v) is 2.63. The lowest BCUT2D eigenvalue weighted by molar-refractivity contribution is 0.414. The van der Waals surface area contributed by atoms with Crippen molar-refractivity contribution in [2.45, 2.75) is 19.9 Å². The lowest BCUT2D eigenvalue weighted by atomic mass is 9.93. The summed E-state index contributed by atoms with van der Waals surface area (Å²) in [5.41, 5.74) is 11.0. The fourth-order valence-electron chi connectivity index (χ4n) is 2.25. The van der Waals surface area contributed by atoms with Gasteiger partial charge in [0.25, 0.3) is 0 Å². The van der Waals surface area contributed by atoms with Crippen LogP contribution in [0, 0.1) is 13.8 Å². The highest BCUT2D eigenvalue weighted by atomic mass is 79.9. The SMILES string of the molecule is COc1ccc(C(N)c2cccc(Br)c2C)c(C)c1. The van der Waals surface area contributed by atoms with Gasteiger partial charge in [-0.05, 0) is 54.3 Å². The maximum atomic E-state index is 6.42. The molecule has 0 spiro atoms. The van der Waals surface area contributed by atoms with Crippen molar-refractivity contribution in [2.75, 3.05) is 7.11 Å². The van der Waals surface area contributed by atoms with E-state index in [0.717, 1.165) is 26.9 Å². The summed E-state index contributed by atoms with van der Waals surface area (Å²) >= 11 is 3.55. The molecule has 0 radical (unpaired) electrons. The van der Waals surface area contributed by atoms with Crippen LogP contribution in [0.25, 0.3) is 0 Å². The Labute approximate surface area is 122 Å². The molecule has 0 fully saturated rings. The topological polar surface area (TPSA) is 35.2 Å². The number of aryl methyl sites for hydroxylation is 1. The highest BCUT2D eigenvalue weighted by Gasteiger charge is 2.15. The van der Waals surface area contributed by atoms with E-state index in [1.165, 1.54) is 5.56 Å². The van der Waals surface area contributed by atoms with Crippen molar-refractivity contribution in [3.63, 3.8) is 0 Å². The Morgan fingerprint density at radius 3 is 2.47 bits per heavy atom. The van der Waals surface area contributed by atoms with Gasteiger partial charge in [0, 0.05) is 4.47 Å². The van der Waals surface area contributed by atoms with Crippen LogP contribution in [0.3, 0.4) is 0 Å². The van der Waals surface area contributed by atoms with Crippen LogP contribution in [0.4, 0.5) is 0 Å². The van der Waals surface area contributed by atoms with E-state index in [-0.39, 0.29) is 6.04 Å². The zero-order valence-corrected chi connectivity index (χ0v) is 13.0. The van der Waals surface area contributed by atoms with Gasteiger partial charge in [0.2, 0.25) is 0 Å². The third kappa shape index (κ3) is 2.82. The molecule has 0 bridgehead atoms. The van der Waals surface area contributed by atoms with Crippen molar-refractivity contribution in [2.24, 2.45) is 5.73 Å². The van der Waals surface area contributed by atoms with E-state index < -0.39 is 0 Å². The molecule has 2 aromatic carbocycles. The van der Waals surface area contributed by atoms with Gasteiger partial charge in [-0.1, -0.05) is 34.1 Å². The van der Waals surface area contributed by atoms with Crippen molar-refractivity contribution in [3.05, 3.63) is 63.1 Å². The highest BCUT2D eigenvalue weighted by molar-refractivity contribution is 9.10. The van der Waals surface area contributed by atoms with Crippen LogP contribution in [-0.2, 0) is 0 Å². The van der Waals surface area contributed by atoms with Gasteiger partial charge in [-0.3, -0.25) is 0 Å². The molecule has 0 saturated carbocycles. The number of rotatable bonds is 3. The molecule has 0 aliphatic rings. The molecule has 1 unspecified atom stereocenters. The molecule has 2 aromatic rings. The van der Waals surface area contributed by atoms with Crippen LogP contribution < -0.4 is 10.5 Å². The Hall–Kier alpha value is -1.32. The first-order valence-corrected chi connectivity index (χ1v) is 6.99. The van der Waals surface area contributed by atoms with Gasteiger partial charge in [-0.15, -0.1) is 0 Å². The van der Waals surface area contributed by atoms with Crippen LogP contribution in [0.2, 0.25) is 0 Å². The zero-order chi connectivity index (χ0) is 14.0. The third-order valence-electron chi connectivity index (χ3n) is 3.46. The second kappa shape index (κ2) is 5.76. The van der Waals surface area contributed by atoms with Crippen molar-refractivity contribution in [1.29, 1.82) is 0 Å². The van der Waals surface area contributed by atoms with Crippen LogP contribution in [0.5, 0.6) is 5.75 Å². The zero-order valence-electron chi connectivity index (χ0n) is 11.4. The summed E-state index contributed by atoms with van der Waals surface area (Å²) < 4.78 is 6.32. The highest BCUT2D eigenvalue weighted by Crippen LogP contribution is 2.30. The Balaban J connectivity index is 2.44. The van der Waals surface area contributed by atoms with Crippen LogP contribution in [0.15, 0.2) is 40.9 Å². The van der Waals surface area contributed by atoms with Gasteiger partial charge < -0.3 is 10.5 Å². The summed E-state index contributed by atoms with van der Waals surface area (Å²) in [6, 6.07) is 12.0. The second-order valence-electron chi connectivity index (χ2n) is 4.65. The minimum Gasteiger partial charge on any atom is -0.497 e. The number of benzene rings is 2. The maximum absolute atomic E-state index is 6.42. The van der Waals surface area contributed by atoms with E-state index in [1.54, 1.807) is 7.11 Å². The molecule has 0 aromatic heterocycles. The van der Waals surface area contributed by atoms with Crippen molar-refractivity contribution in [1.82, 2.24) is 0 Å². The Bertz CT molecular complexity index is 595. The quantitative estimate of drug-likeness (QED) is 0.923. The molecule has 0 saturated heterocycles. The van der Waals surface area contributed by atoms with Gasteiger partial charge >= 0.3 is 0 Å². The number of hydrogen-bond acceptors (Lipinski definition) is 2. The first kappa shape index (κ1) is 14.1. The molecule has 3 heteroatoms. The van der Waals surface area contributed by atoms with E-state index in [9.17, 15) is 0 Å². The first-order chi connectivity index (χ1) is 9.04. The molecule has 0 aliphatic carbocycles. The molecular formula is C16H18BrNO. The normalized spacial score (nSPS) is 12.3. The second-order valence-corrected chi connectivity index (χ2v) is 5.51. The fraction of sp³-hybridized carbons (Fsp3) is 0.250. The molecule has 19 heavy (non-hydrogen) atoms. The van der Waals surface area contributed by atoms with E-state index in [1.807, 2.05) is 30.3 Å². The largest absolute Gasteiger partial charge is 0.497 e. The number of ether oxygens (including phenoxy) is 1. The van der Waals surface area contributed by atoms with Gasteiger partial charge in [0.15, 0.2) is 0 Å². The van der Waals surface area contributed by atoms with Crippen molar-refractivity contribution in [3.8, 4) is 5.75 Å². The number of hydrogen-bond donors (Lipinski definition) is 1. The first-order valence-electron chi connectivity index (χ1n) is 6.19. The Morgan fingerprint density at radius 2 is 1.84 bits per heavy atom. The minimum atomic E-state index is -0.122. The summed E-state index contributed by atoms with van der Waals surface area (Å²) in [4.78, 5) is 0. The molecule has 0 aliphatic heterocycles. The average Bonchev–Trinajstić information content (AvgIpc) is 2.41. The molecule has 2 rings (SSSR count). The molecule has 0 heterocycles. The van der Waals surface area contributed by atoms with Crippen molar-refractivity contribution >= 4 is 15.9 Å². The lowest BCUT2D eigenvalue weighted by Crippen LogP contribution is -2.14.